The van der Waals surface area contributed by atoms with E-state index in [-0.39, 0.29) is 11.6 Å². The molecule has 0 fully saturated rings. The zero-order chi connectivity index (χ0) is 19.6. The minimum Gasteiger partial charge on any atom is -0.368 e. The van der Waals surface area contributed by atoms with E-state index in [4.69, 9.17) is 5.73 Å². The van der Waals surface area contributed by atoms with E-state index in [0.29, 0.717) is 11.1 Å². The molecular formula is C17H11F4N5O. The van der Waals surface area contributed by atoms with E-state index in [0.717, 1.165) is 18.2 Å². The van der Waals surface area contributed by atoms with Crippen molar-refractivity contribution in [3.05, 3.63) is 66.0 Å². The number of carbonyl (C=O) groups excluding carboxylic acids is 1. The summed E-state index contributed by atoms with van der Waals surface area (Å²) in [6.07, 6.45) is -0.661. The van der Waals surface area contributed by atoms with Crippen LogP contribution in [0.4, 0.5) is 29.2 Å². The van der Waals surface area contributed by atoms with Crippen molar-refractivity contribution in [3.8, 4) is 11.1 Å². The molecule has 0 aliphatic heterocycles. The Balaban J connectivity index is 1.89. The van der Waals surface area contributed by atoms with Crippen molar-refractivity contribution in [3.63, 3.8) is 0 Å². The summed E-state index contributed by atoms with van der Waals surface area (Å²) in [7, 11) is 0. The van der Waals surface area contributed by atoms with Gasteiger partial charge >= 0.3 is 6.18 Å². The average Bonchev–Trinajstić information content (AvgIpc) is 2.62. The molecule has 3 rings (SSSR count). The Labute approximate surface area is 150 Å². The van der Waals surface area contributed by atoms with Gasteiger partial charge < -0.3 is 11.1 Å². The van der Waals surface area contributed by atoms with Crippen LogP contribution in [-0.2, 0) is 6.18 Å². The van der Waals surface area contributed by atoms with E-state index in [1.54, 1.807) is 0 Å². The molecule has 0 saturated heterocycles. The molecule has 0 saturated carbocycles. The minimum absolute atomic E-state index is 0.0383. The fourth-order valence-electron chi connectivity index (χ4n) is 2.22. The molecule has 0 unspecified atom stereocenters. The summed E-state index contributed by atoms with van der Waals surface area (Å²) >= 11 is 0. The summed E-state index contributed by atoms with van der Waals surface area (Å²) in [6, 6.07) is 5.20. The highest BCUT2D eigenvalue weighted by Gasteiger charge is 2.30. The van der Waals surface area contributed by atoms with Gasteiger partial charge in [-0.1, -0.05) is 6.07 Å². The second-order valence-electron chi connectivity index (χ2n) is 5.42. The molecule has 3 aromatic rings. The monoisotopic (exact) mass is 377 g/mol. The zero-order valence-corrected chi connectivity index (χ0v) is 13.5. The van der Waals surface area contributed by atoms with Gasteiger partial charge in [-0.3, -0.25) is 4.79 Å². The van der Waals surface area contributed by atoms with Crippen molar-refractivity contribution < 1.29 is 22.4 Å². The van der Waals surface area contributed by atoms with Gasteiger partial charge in [-0.25, -0.2) is 15.0 Å². The van der Waals surface area contributed by atoms with Gasteiger partial charge in [0.15, 0.2) is 0 Å². The second kappa shape index (κ2) is 6.98. The highest BCUT2D eigenvalue weighted by atomic mass is 19.4. The lowest BCUT2D eigenvalue weighted by atomic mass is 10.1. The molecular weight excluding hydrogens is 366 g/mol. The zero-order valence-electron chi connectivity index (χ0n) is 13.5. The molecule has 0 aliphatic rings. The average molecular weight is 377 g/mol. The molecule has 10 heteroatoms. The summed E-state index contributed by atoms with van der Waals surface area (Å²) in [5, 5.41) is 2.23. The van der Waals surface area contributed by atoms with Crippen LogP contribution in [0.15, 0.2) is 48.9 Å². The van der Waals surface area contributed by atoms with Crippen molar-refractivity contribution >= 4 is 17.5 Å². The van der Waals surface area contributed by atoms with Crippen LogP contribution in [0, 0.1) is 5.95 Å². The largest absolute Gasteiger partial charge is 0.416 e. The third-order valence-corrected chi connectivity index (χ3v) is 3.54. The van der Waals surface area contributed by atoms with Crippen LogP contribution in [0.1, 0.15) is 15.9 Å². The summed E-state index contributed by atoms with van der Waals surface area (Å²) < 4.78 is 52.2. The first-order valence-corrected chi connectivity index (χ1v) is 7.46. The maximum absolute atomic E-state index is 14.0. The number of nitrogens with one attached hydrogen (secondary N) is 1. The first-order valence-electron chi connectivity index (χ1n) is 7.46. The van der Waals surface area contributed by atoms with Crippen LogP contribution in [0.2, 0.25) is 0 Å². The Morgan fingerprint density at radius 1 is 1.00 bits per heavy atom. The Morgan fingerprint density at radius 3 is 2.33 bits per heavy atom. The fraction of sp³-hybridized carbons (Fsp3) is 0.0588. The molecule has 0 radical (unpaired) electrons. The summed E-state index contributed by atoms with van der Waals surface area (Å²) in [6.45, 7) is 0. The third-order valence-electron chi connectivity index (χ3n) is 3.54. The van der Waals surface area contributed by atoms with E-state index in [1.165, 1.54) is 30.7 Å². The van der Waals surface area contributed by atoms with Gasteiger partial charge in [0.05, 0.1) is 11.1 Å². The van der Waals surface area contributed by atoms with Crippen LogP contribution in [0.5, 0.6) is 0 Å². The number of benzene rings is 1. The lowest BCUT2D eigenvalue weighted by Crippen LogP contribution is -2.15. The van der Waals surface area contributed by atoms with Crippen LogP contribution in [0.3, 0.4) is 0 Å². The number of rotatable bonds is 3. The number of carbonyl (C=O) groups is 1. The molecule has 27 heavy (non-hydrogen) atoms. The molecule has 138 valence electrons. The molecule has 2 heterocycles. The van der Waals surface area contributed by atoms with Crippen molar-refractivity contribution in [1.29, 1.82) is 0 Å². The third kappa shape index (κ3) is 4.17. The van der Waals surface area contributed by atoms with Gasteiger partial charge in [-0.15, -0.1) is 0 Å². The van der Waals surface area contributed by atoms with Crippen LogP contribution in [-0.4, -0.2) is 20.9 Å². The Bertz CT molecular complexity index is 989. The molecule has 0 atom stereocenters. The van der Waals surface area contributed by atoms with Gasteiger partial charge in [-0.05, 0) is 24.3 Å². The van der Waals surface area contributed by atoms with Crippen molar-refractivity contribution in [2.45, 2.75) is 6.18 Å². The van der Waals surface area contributed by atoms with Gasteiger partial charge in [0.25, 0.3) is 5.91 Å². The standard InChI is InChI=1S/C17H11F4N5O/c18-14-13(4-9(6-23-14)10-7-24-16(22)25-8-10)15(27)26-12-3-1-2-11(5-12)17(19,20)21/h1-8H,(H,26,27)(H2,22,24,25). The van der Waals surface area contributed by atoms with Crippen molar-refractivity contribution in [2.75, 3.05) is 11.1 Å². The molecule has 2 aromatic heterocycles. The Kier molecular flexibility index (Phi) is 4.72. The van der Waals surface area contributed by atoms with Crippen LogP contribution >= 0.6 is 0 Å². The summed E-state index contributed by atoms with van der Waals surface area (Å²) in [5.74, 6) is -1.98. The highest BCUT2D eigenvalue weighted by molar-refractivity contribution is 6.04. The second-order valence-corrected chi connectivity index (χ2v) is 5.42. The van der Waals surface area contributed by atoms with Gasteiger partial charge in [0, 0.05) is 35.4 Å². The number of alkyl halides is 3. The van der Waals surface area contributed by atoms with E-state index in [9.17, 15) is 22.4 Å². The lowest BCUT2D eigenvalue weighted by molar-refractivity contribution is -0.137. The number of anilines is 2. The molecule has 6 nitrogen and oxygen atoms in total. The maximum Gasteiger partial charge on any atom is 0.416 e. The number of nitrogens with two attached hydrogens (primary N) is 1. The number of nitrogens with zero attached hydrogens (tertiary/aromatic N) is 3. The quantitative estimate of drug-likeness (QED) is 0.538. The van der Waals surface area contributed by atoms with E-state index in [2.05, 4.69) is 20.3 Å². The molecule has 0 bridgehead atoms. The molecule has 1 aromatic carbocycles. The van der Waals surface area contributed by atoms with Crippen molar-refractivity contribution in [2.24, 2.45) is 0 Å². The van der Waals surface area contributed by atoms with Crippen molar-refractivity contribution in [1.82, 2.24) is 15.0 Å². The number of aromatic nitrogens is 3. The number of pyridine rings is 1. The lowest BCUT2D eigenvalue weighted by Gasteiger charge is -2.10. The summed E-state index contributed by atoms with van der Waals surface area (Å²) in [4.78, 5) is 23.4. The molecule has 0 spiro atoms. The Morgan fingerprint density at radius 2 is 1.67 bits per heavy atom. The van der Waals surface area contributed by atoms with Crippen LogP contribution < -0.4 is 11.1 Å². The number of hydrogen-bond donors (Lipinski definition) is 2. The maximum atomic E-state index is 14.0. The van der Waals surface area contributed by atoms with Gasteiger partial charge in [-0.2, -0.15) is 17.6 Å². The van der Waals surface area contributed by atoms with E-state index in [1.807, 2.05) is 0 Å². The van der Waals surface area contributed by atoms with E-state index < -0.39 is 29.2 Å². The summed E-state index contributed by atoms with van der Waals surface area (Å²) in [5.41, 5.74) is 4.66. The molecule has 0 aliphatic carbocycles. The molecule has 1 amide bonds. The number of amides is 1. The number of nitrogen functional groups attached to an aromatic ring is 1. The first kappa shape index (κ1) is 18.2. The normalized spacial score (nSPS) is 11.3. The minimum atomic E-state index is -4.57. The predicted octanol–water partition coefficient (Wildman–Crippen LogP) is 3.53. The molecule has 3 N–H and O–H groups in total. The topological polar surface area (TPSA) is 93.8 Å². The fourth-order valence-corrected chi connectivity index (χ4v) is 2.22. The predicted molar refractivity (Wildman–Crippen MR) is 89.0 cm³/mol. The first-order chi connectivity index (χ1) is 12.7. The SMILES string of the molecule is Nc1ncc(-c2cnc(F)c(C(=O)Nc3cccc(C(F)(F)F)c3)c2)cn1. The number of hydrogen-bond acceptors (Lipinski definition) is 5. The van der Waals surface area contributed by atoms with Gasteiger partial charge in [0.2, 0.25) is 11.9 Å². The number of halogens is 4. The smallest absolute Gasteiger partial charge is 0.368 e. The Hall–Kier alpha value is -3.56. The highest BCUT2D eigenvalue weighted by Crippen LogP contribution is 2.31. The van der Waals surface area contributed by atoms with Crippen LogP contribution in [0.25, 0.3) is 11.1 Å². The van der Waals surface area contributed by atoms with Gasteiger partial charge in [0.1, 0.15) is 0 Å². The van der Waals surface area contributed by atoms with E-state index >= 15 is 0 Å².